The van der Waals surface area contributed by atoms with Crippen LogP contribution in [0.25, 0.3) is 10.8 Å². The van der Waals surface area contributed by atoms with Crippen molar-refractivity contribution in [3.05, 3.63) is 36.4 Å². The molecule has 0 spiro atoms. The molecule has 0 bridgehead atoms. The minimum absolute atomic E-state index is 0.168. The lowest BCUT2D eigenvalue weighted by atomic mass is 10.1. The van der Waals surface area contributed by atoms with Crippen LogP contribution in [0.5, 0.6) is 0 Å². The fourth-order valence-corrected chi connectivity index (χ4v) is 4.31. The highest BCUT2D eigenvalue weighted by atomic mass is 32.2. The highest BCUT2D eigenvalue weighted by molar-refractivity contribution is 7.89. The summed E-state index contributed by atoms with van der Waals surface area (Å²) in [4.78, 5) is 13.7. The van der Waals surface area contributed by atoms with E-state index in [1.807, 2.05) is 37.2 Å². The second-order valence-electron chi connectivity index (χ2n) is 5.67. The van der Waals surface area contributed by atoms with Crippen LogP contribution in [0, 0.1) is 0 Å². The molecule has 0 radical (unpaired) electrons. The standard InChI is InChI=1S/C16H18N2O4S/c1-17(2)12-7-8-13-11(9-12)5-4-6-15(13)23(20,21)18-10-14(18)16(19)22-3/h4-9,14H,10H2,1-3H3/t14-,18?/m0/s1. The van der Waals surface area contributed by atoms with Crippen LogP contribution in [0.3, 0.4) is 0 Å². The van der Waals surface area contributed by atoms with Gasteiger partial charge in [-0.1, -0.05) is 18.2 Å². The summed E-state index contributed by atoms with van der Waals surface area (Å²) in [5, 5.41) is 1.49. The van der Waals surface area contributed by atoms with Crippen LogP contribution >= 0.6 is 0 Å². The van der Waals surface area contributed by atoms with Gasteiger partial charge in [0.1, 0.15) is 6.04 Å². The fourth-order valence-electron chi connectivity index (χ4n) is 2.59. The molecule has 1 unspecified atom stereocenters. The maximum absolute atomic E-state index is 12.8. The van der Waals surface area contributed by atoms with Crippen molar-refractivity contribution < 1.29 is 17.9 Å². The quantitative estimate of drug-likeness (QED) is 0.625. The molecular formula is C16H18N2O4S. The number of anilines is 1. The van der Waals surface area contributed by atoms with E-state index in [0.29, 0.717) is 5.39 Å². The Morgan fingerprint density at radius 3 is 2.65 bits per heavy atom. The van der Waals surface area contributed by atoms with Gasteiger partial charge in [0.15, 0.2) is 0 Å². The highest BCUT2D eigenvalue weighted by Gasteiger charge is 2.50. The highest BCUT2D eigenvalue weighted by Crippen LogP contribution is 2.34. The van der Waals surface area contributed by atoms with Crippen molar-refractivity contribution in [2.75, 3.05) is 32.6 Å². The Bertz CT molecular complexity index is 877. The molecule has 1 fully saturated rings. The van der Waals surface area contributed by atoms with Crippen molar-refractivity contribution >= 4 is 32.5 Å². The molecule has 1 heterocycles. The number of hydrogen-bond acceptors (Lipinski definition) is 5. The molecule has 2 aromatic rings. The Morgan fingerprint density at radius 2 is 2.00 bits per heavy atom. The van der Waals surface area contributed by atoms with Crippen LogP contribution in [0.15, 0.2) is 41.3 Å². The number of carbonyl (C=O) groups excluding carboxylic acids is 1. The summed E-state index contributed by atoms with van der Waals surface area (Å²) in [5.74, 6) is -0.524. The van der Waals surface area contributed by atoms with Gasteiger partial charge in [-0.2, -0.15) is 4.31 Å². The third-order valence-electron chi connectivity index (χ3n) is 3.97. The lowest BCUT2D eigenvalue weighted by molar-refractivity contribution is -0.140. The first kappa shape index (κ1) is 15.8. The number of nitrogens with zero attached hydrogens (tertiary/aromatic N) is 2. The molecule has 0 saturated carbocycles. The smallest absolute Gasteiger partial charge is 0.325 e. The lowest BCUT2D eigenvalue weighted by Crippen LogP contribution is -2.20. The number of fused-ring (bicyclic) bond motifs is 1. The number of methoxy groups -OCH3 is 1. The second kappa shape index (κ2) is 5.50. The molecule has 23 heavy (non-hydrogen) atoms. The maximum Gasteiger partial charge on any atom is 0.325 e. The number of sulfonamides is 1. The molecule has 6 nitrogen and oxygen atoms in total. The van der Waals surface area contributed by atoms with Crippen LogP contribution in [0.2, 0.25) is 0 Å². The van der Waals surface area contributed by atoms with Crippen LogP contribution in [0.1, 0.15) is 0 Å². The fraction of sp³-hybridized carbons (Fsp3) is 0.312. The van der Waals surface area contributed by atoms with Gasteiger partial charge < -0.3 is 9.64 Å². The number of esters is 1. The van der Waals surface area contributed by atoms with Gasteiger partial charge in [0.2, 0.25) is 10.0 Å². The van der Waals surface area contributed by atoms with E-state index in [9.17, 15) is 13.2 Å². The summed E-state index contributed by atoms with van der Waals surface area (Å²) in [5.41, 5.74) is 0.992. The molecular weight excluding hydrogens is 316 g/mol. The Kier molecular flexibility index (Phi) is 3.77. The van der Waals surface area contributed by atoms with Gasteiger partial charge >= 0.3 is 5.97 Å². The predicted octanol–water partition coefficient (Wildman–Crippen LogP) is 1.45. The van der Waals surface area contributed by atoms with E-state index in [0.717, 1.165) is 15.4 Å². The maximum atomic E-state index is 12.8. The Balaban J connectivity index is 2.05. The van der Waals surface area contributed by atoms with E-state index >= 15 is 0 Å². The molecule has 0 N–H and O–H groups in total. The number of hydrogen-bond donors (Lipinski definition) is 0. The first-order valence-electron chi connectivity index (χ1n) is 7.16. The van der Waals surface area contributed by atoms with Gasteiger partial charge in [0.05, 0.1) is 12.0 Å². The summed E-state index contributed by atoms with van der Waals surface area (Å²) < 4.78 is 31.3. The minimum Gasteiger partial charge on any atom is -0.468 e. The predicted molar refractivity (Wildman–Crippen MR) is 88.0 cm³/mol. The summed E-state index contributed by atoms with van der Waals surface area (Å²) in [7, 11) is 1.40. The van der Waals surface area contributed by atoms with Gasteiger partial charge in [-0.05, 0) is 23.6 Å². The monoisotopic (exact) mass is 334 g/mol. The second-order valence-corrected chi connectivity index (χ2v) is 7.53. The normalized spacial score (nSPS) is 20.3. The van der Waals surface area contributed by atoms with E-state index in [1.165, 1.54) is 7.11 Å². The summed E-state index contributed by atoms with van der Waals surface area (Å²) in [6.45, 7) is 0.168. The number of rotatable bonds is 4. The topological polar surface area (TPSA) is 66.7 Å². The first-order valence-corrected chi connectivity index (χ1v) is 8.60. The number of benzene rings is 2. The lowest BCUT2D eigenvalue weighted by Gasteiger charge is -2.14. The molecule has 3 rings (SSSR count). The molecule has 1 aliphatic rings. The van der Waals surface area contributed by atoms with Crippen molar-refractivity contribution in [2.45, 2.75) is 10.9 Å². The summed E-state index contributed by atoms with van der Waals surface area (Å²) in [6, 6.07) is 10.1. The molecule has 2 aromatic carbocycles. The Labute approximate surface area is 135 Å². The Hall–Kier alpha value is -2.12. The van der Waals surface area contributed by atoms with Gasteiger partial charge in [0, 0.05) is 31.7 Å². The van der Waals surface area contributed by atoms with Crippen LogP contribution < -0.4 is 4.90 Å². The van der Waals surface area contributed by atoms with Crippen molar-refractivity contribution in [1.82, 2.24) is 4.31 Å². The van der Waals surface area contributed by atoms with E-state index in [2.05, 4.69) is 4.74 Å². The minimum atomic E-state index is -3.71. The Morgan fingerprint density at radius 1 is 1.26 bits per heavy atom. The van der Waals surface area contributed by atoms with Crippen molar-refractivity contribution in [3.8, 4) is 0 Å². The SMILES string of the molecule is COC(=O)[C@@H]1CN1S(=O)(=O)c1cccc2cc(N(C)C)ccc12. The molecule has 1 aliphatic heterocycles. The third kappa shape index (κ3) is 2.66. The zero-order valence-electron chi connectivity index (χ0n) is 13.2. The van der Waals surface area contributed by atoms with Gasteiger partial charge in [-0.25, -0.2) is 8.42 Å². The van der Waals surface area contributed by atoms with Crippen LogP contribution in [0.4, 0.5) is 5.69 Å². The molecule has 0 aliphatic carbocycles. The van der Waals surface area contributed by atoms with Crippen LogP contribution in [-0.4, -0.2) is 52.5 Å². The third-order valence-corrected chi connectivity index (χ3v) is 5.90. The van der Waals surface area contributed by atoms with Gasteiger partial charge in [-0.15, -0.1) is 0 Å². The molecule has 122 valence electrons. The molecule has 2 atom stereocenters. The van der Waals surface area contributed by atoms with Crippen molar-refractivity contribution in [2.24, 2.45) is 0 Å². The number of ether oxygens (including phenoxy) is 1. The molecule has 0 aromatic heterocycles. The average Bonchev–Trinajstić information content (AvgIpc) is 3.34. The van der Waals surface area contributed by atoms with E-state index in [1.54, 1.807) is 18.2 Å². The first-order chi connectivity index (χ1) is 10.9. The van der Waals surface area contributed by atoms with E-state index < -0.39 is 22.0 Å². The van der Waals surface area contributed by atoms with Crippen molar-refractivity contribution in [3.63, 3.8) is 0 Å². The average molecular weight is 334 g/mol. The largest absolute Gasteiger partial charge is 0.468 e. The van der Waals surface area contributed by atoms with Gasteiger partial charge in [0.25, 0.3) is 0 Å². The van der Waals surface area contributed by atoms with E-state index in [4.69, 9.17) is 0 Å². The van der Waals surface area contributed by atoms with Crippen LogP contribution in [-0.2, 0) is 19.6 Å². The summed E-state index contributed by atoms with van der Waals surface area (Å²) in [6.07, 6.45) is 0. The zero-order chi connectivity index (χ0) is 16.8. The van der Waals surface area contributed by atoms with Gasteiger partial charge in [-0.3, -0.25) is 4.79 Å². The van der Waals surface area contributed by atoms with Crippen molar-refractivity contribution in [1.29, 1.82) is 0 Å². The summed E-state index contributed by atoms with van der Waals surface area (Å²) >= 11 is 0. The number of carbonyl (C=O) groups is 1. The molecule has 1 saturated heterocycles. The van der Waals surface area contributed by atoms with E-state index in [-0.39, 0.29) is 11.4 Å². The molecule has 0 amide bonds. The zero-order valence-corrected chi connectivity index (χ0v) is 14.0. The molecule has 7 heteroatoms.